The summed E-state index contributed by atoms with van der Waals surface area (Å²) in [4.78, 5) is 14.3. The number of halogens is 1. The second kappa shape index (κ2) is 8.26. The van der Waals surface area contributed by atoms with Gasteiger partial charge in [0.05, 0.1) is 7.11 Å². The predicted octanol–water partition coefficient (Wildman–Crippen LogP) is 4.39. The first-order valence-corrected chi connectivity index (χ1v) is 8.51. The fourth-order valence-electron chi connectivity index (χ4n) is 2.71. The number of ether oxygens (including phenoxy) is 2. The molecule has 1 amide bonds. The van der Waals surface area contributed by atoms with Crippen LogP contribution in [-0.2, 0) is 11.3 Å². The number of likely N-dealkylation sites (N-methyl/N-ethyl adjacent to an activating group) is 1. The lowest BCUT2D eigenvalue weighted by atomic mass is 10.1. The van der Waals surface area contributed by atoms with E-state index in [-0.39, 0.29) is 5.91 Å². The van der Waals surface area contributed by atoms with Crippen molar-refractivity contribution < 1.29 is 14.3 Å². The van der Waals surface area contributed by atoms with Gasteiger partial charge in [-0.2, -0.15) is 0 Å². The van der Waals surface area contributed by atoms with Gasteiger partial charge in [-0.05, 0) is 50.1 Å². The van der Waals surface area contributed by atoms with Gasteiger partial charge in [-0.25, -0.2) is 0 Å². The number of carbonyl (C=O) groups excluding carboxylic acids is 1. The third-order valence-electron chi connectivity index (χ3n) is 4.05. The minimum absolute atomic E-state index is 0.101. The lowest BCUT2D eigenvalue weighted by Crippen LogP contribution is -2.37. The summed E-state index contributed by atoms with van der Waals surface area (Å²) in [6.07, 6.45) is -0.598. The highest BCUT2D eigenvalue weighted by molar-refractivity contribution is 6.32. The van der Waals surface area contributed by atoms with Crippen LogP contribution in [0.4, 0.5) is 0 Å². The Morgan fingerprint density at radius 1 is 1.20 bits per heavy atom. The number of para-hydroxylation sites is 1. The minimum atomic E-state index is -0.598. The van der Waals surface area contributed by atoms with Crippen LogP contribution in [0.3, 0.4) is 0 Å². The maximum Gasteiger partial charge on any atom is 0.263 e. The molecule has 0 saturated carbocycles. The fourth-order valence-corrected chi connectivity index (χ4v) is 2.82. The number of hydrogen-bond acceptors (Lipinski definition) is 3. The number of amides is 1. The molecule has 2 rings (SSSR count). The Labute approximate surface area is 154 Å². The van der Waals surface area contributed by atoms with E-state index in [9.17, 15) is 4.79 Å². The molecule has 1 unspecified atom stereocenters. The molecule has 0 aliphatic rings. The van der Waals surface area contributed by atoms with E-state index in [0.717, 1.165) is 27.5 Å². The van der Waals surface area contributed by atoms with Crippen LogP contribution in [0, 0.1) is 13.8 Å². The van der Waals surface area contributed by atoms with Gasteiger partial charge in [0.25, 0.3) is 5.91 Å². The third-order valence-corrected chi connectivity index (χ3v) is 4.64. The molecule has 0 radical (unpaired) electrons. The number of carbonyl (C=O) groups is 1. The molecule has 0 fully saturated rings. The van der Waals surface area contributed by atoms with Crippen LogP contribution in [0.25, 0.3) is 0 Å². The zero-order valence-electron chi connectivity index (χ0n) is 15.3. The molecule has 0 N–H and O–H groups in total. The molecule has 5 heteroatoms. The number of aryl methyl sites for hydroxylation is 2. The van der Waals surface area contributed by atoms with Crippen LogP contribution in [0.1, 0.15) is 23.6 Å². The molecule has 1 atom stereocenters. The van der Waals surface area contributed by atoms with E-state index in [2.05, 4.69) is 0 Å². The van der Waals surface area contributed by atoms with Gasteiger partial charge >= 0.3 is 0 Å². The molecule has 0 aliphatic heterocycles. The zero-order valence-corrected chi connectivity index (χ0v) is 16.1. The van der Waals surface area contributed by atoms with Gasteiger partial charge in [-0.1, -0.05) is 29.8 Å². The van der Waals surface area contributed by atoms with Crippen LogP contribution >= 0.6 is 11.6 Å². The molecule has 0 bridgehead atoms. The molecular formula is C20H24ClNO3. The van der Waals surface area contributed by atoms with E-state index in [1.54, 1.807) is 26.0 Å². The number of benzene rings is 2. The summed E-state index contributed by atoms with van der Waals surface area (Å²) in [5.74, 6) is 1.31. The van der Waals surface area contributed by atoms with Crippen molar-refractivity contribution in [2.75, 3.05) is 14.2 Å². The number of methoxy groups -OCH3 is 1. The minimum Gasteiger partial charge on any atom is -0.496 e. The first-order chi connectivity index (χ1) is 11.8. The monoisotopic (exact) mass is 361 g/mol. The third kappa shape index (κ3) is 4.67. The second-order valence-corrected chi connectivity index (χ2v) is 6.52. The van der Waals surface area contributed by atoms with Gasteiger partial charge in [-0.3, -0.25) is 4.79 Å². The predicted molar refractivity (Wildman–Crippen MR) is 100 cm³/mol. The summed E-state index contributed by atoms with van der Waals surface area (Å²) in [6, 6.07) is 11.3. The van der Waals surface area contributed by atoms with E-state index in [1.807, 2.05) is 50.2 Å². The van der Waals surface area contributed by atoms with Gasteiger partial charge in [-0.15, -0.1) is 0 Å². The molecule has 0 heterocycles. The summed E-state index contributed by atoms with van der Waals surface area (Å²) in [5, 5.41) is 0.722. The topological polar surface area (TPSA) is 38.8 Å². The molecule has 0 aliphatic carbocycles. The summed E-state index contributed by atoms with van der Waals surface area (Å²) in [5.41, 5.74) is 2.81. The van der Waals surface area contributed by atoms with Gasteiger partial charge < -0.3 is 14.4 Å². The zero-order chi connectivity index (χ0) is 18.6. The van der Waals surface area contributed by atoms with Crippen LogP contribution in [-0.4, -0.2) is 31.1 Å². The molecule has 4 nitrogen and oxygen atoms in total. The van der Waals surface area contributed by atoms with Crippen molar-refractivity contribution in [3.63, 3.8) is 0 Å². The average Bonchev–Trinajstić information content (AvgIpc) is 2.59. The van der Waals surface area contributed by atoms with Crippen LogP contribution in [0.15, 0.2) is 36.4 Å². The molecule has 0 spiro atoms. The number of hydrogen-bond donors (Lipinski definition) is 0. The lowest BCUT2D eigenvalue weighted by molar-refractivity contribution is -0.137. The summed E-state index contributed by atoms with van der Waals surface area (Å²) >= 11 is 6.18. The van der Waals surface area contributed by atoms with Gasteiger partial charge in [0.15, 0.2) is 6.10 Å². The van der Waals surface area contributed by atoms with Crippen LogP contribution in [0.2, 0.25) is 5.02 Å². The van der Waals surface area contributed by atoms with Crippen molar-refractivity contribution in [3.05, 3.63) is 58.1 Å². The Morgan fingerprint density at radius 3 is 2.40 bits per heavy atom. The fraction of sp³-hybridized carbons (Fsp3) is 0.350. The van der Waals surface area contributed by atoms with E-state index in [1.165, 1.54) is 0 Å². The Bertz CT molecular complexity index is 737. The molecule has 0 saturated heterocycles. The molecule has 134 valence electrons. The molecular weight excluding hydrogens is 338 g/mol. The van der Waals surface area contributed by atoms with Crippen molar-refractivity contribution in [2.45, 2.75) is 33.4 Å². The maximum atomic E-state index is 12.6. The first kappa shape index (κ1) is 19.1. The smallest absolute Gasteiger partial charge is 0.263 e. The summed E-state index contributed by atoms with van der Waals surface area (Å²) < 4.78 is 11.2. The van der Waals surface area contributed by atoms with Gasteiger partial charge in [0.2, 0.25) is 0 Å². The van der Waals surface area contributed by atoms with Gasteiger partial charge in [0, 0.05) is 24.2 Å². The first-order valence-electron chi connectivity index (χ1n) is 8.13. The van der Waals surface area contributed by atoms with E-state index >= 15 is 0 Å². The Balaban J connectivity index is 2.06. The number of rotatable bonds is 6. The van der Waals surface area contributed by atoms with E-state index in [4.69, 9.17) is 21.1 Å². The molecule has 25 heavy (non-hydrogen) atoms. The lowest BCUT2D eigenvalue weighted by Gasteiger charge is -2.23. The highest BCUT2D eigenvalue weighted by atomic mass is 35.5. The normalized spacial score (nSPS) is 11.8. The van der Waals surface area contributed by atoms with E-state index < -0.39 is 6.10 Å². The van der Waals surface area contributed by atoms with Gasteiger partial charge in [0.1, 0.15) is 11.5 Å². The maximum absolute atomic E-state index is 12.6. The average molecular weight is 362 g/mol. The van der Waals surface area contributed by atoms with Crippen LogP contribution in [0.5, 0.6) is 11.5 Å². The SMILES string of the molecule is COc1ccccc1CN(C)C(=O)C(C)Oc1cc(C)c(Cl)c(C)c1. The summed E-state index contributed by atoms with van der Waals surface area (Å²) in [7, 11) is 3.38. The highest BCUT2D eigenvalue weighted by Crippen LogP contribution is 2.27. The second-order valence-electron chi connectivity index (χ2n) is 6.14. The van der Waals surface area contributed by atoms with Crippen LogP contribution < -0.4 is 9.47 Å². The standard InChI is InChI=1S/C20H24ClNO3/c1-13-10-17(11-14(2)19(13)21)25-15(3)20(23)22(4)12-16-8-6-7-9-18(16)24-5/h6-11,15H,12H2,1-5H3. The number of nitrogens with zero attached hydrogens (tertiary/aromatic N) is 1. The van der Waals surface area contributed by atoms with Crippen molar-refractivity contribution >= 4 is 17.5 Å². The Hall–Kier alpha value is -2.20. The highest BCUT2D eigenvalue weighted by Gasteiger charge is 2.20. The Kier molecular flexibility index (Phi) is 6.32. The summed E-state index contributed by atoms with van der Waals surface area (Å²) in [6.45, 7) is 6.04. The van der Waals surface area contributed by atoms with Crippen molar-refractivity contribution in [1.82, 2.24) is 4.90 Å². The van der Waals surface area contributed by atoms with Crippen molar-refractivity contribution in [1.29, 1.82) is 0 Å². The molecule has 2 aromatic rings. The quantitative estimate of drug-likeness (QED) is 0.765. The molecule has 0 aromatic heterocycles. The Morgan fingerprint density at radius 2 is 1.80 bits per heavy atom. The largest absolute Gasteiger partial charge is 0.496 e. The van der Waals surface area contributed by atoms with Crippen molar-refractivity contribution in [3.8, 4) is 11.5 Å². The van der Waals surface area contributed by atoms with Crippen molar-refractivity contribution in [2.24, 2.45) is 0 Å². The molecule has 2 aromatic carbocycles. The van der Waals surface area contributed by atoms with E-state index in [0.29, 0.717) is 12.3 Å².